The lowest BCUT2D eigenvalue weighted by Crippen LogP contribution is -2.64. The largest absolute Gasteiger partial charge is 0.388 e. The van der Waals surface area contributed by atoms with Crippen molar-refractivity contribution in [3.8, 4) is 0 Å². The van der Waals surface area contributed by atoms with Gasteiger partial charge in [-0.15, -0.1) is 0 Å². The van der Waals surface area contributed by atoms with Crippen molar-refractivity contribution in [2.24, 2.45) is 11.8 Å². The second-order valence-corrected chi connectivity index (χ2v) is 9.80. The molecule has 0 unspecified atom stereocenters. The van der Waals surface area contributed by atoms with Crippen LogP contribution in [-0.4, -0.2) is 59.7 Å². The first kappa shape index (κ1) is 25.5. The van der Waals surface area contributed by atoms with Crippen LogP contribution in [0.3, 0.4) is 0 Å². The number of rotatable bonds is 8. The summed E-state index contributed by atoms with van der Waals surface area (Å²) >= 11 is 0. The maximum atomic E-state index is 11.7. The van der Waals surface area contributed by atoms with Crippen molar-refractivity contribution in [2.45, 2.75) is 123 Å². The highest BCUT2D eigenvalue weighted by molar-refractivity contribution is 5.73. The van der Waals surface area contributed by atoms with Crippen LogP contribution in [0.2, 0.25) is 0 Å². The van der Waals surface area contributed by atoms with E-state index in [0.717, 1.165) is 19.3 Å². The van der Waals surface area contributed by atoms with Crippen LogP contribution < -0.4 is 5.32 Å². The molecule has 2 heterocycles. The van der Waals surface area contributed by atoms with E-state index in [-0.39, 0.29) is 24.0 Å². The molecule has 2 saturated heterocycles. The molecule has 0 aromatic heterocycles. The minimum Gasteiger partial charge on any atom is -0.388 e. The van der Waals surface area contributed by atoms with Crippen molar-refractivity contribution >= 4 is 5.91 Å². The molecule has 0 bridgehead atoms. The molecule has 0 spiro atoms. The topological polar surface area (TPSA) is 86.3 Å². The van der Waals surface area contributed by atoms with Gasteiger partial charge in [0.1, 0.15) is 6.10 Å². The number of carbonyl (C=O) groups is 1. The van der Waals surface area contributed by atoms with E-state index in [4.69, 9.17) is 18.9 Å². The van der Waals surface area contributed by atoms with E-state index < -0.39 is 29.8 Å². The fourth-order valence-corrected chi connectivity index (χ4v) is 4.85. The Kier molecular flexibility index (Phi) is 8.73. The van der Waals surface area contributed by atoms with Gasteiger partial charge in [-0.2, -0.15) is 0 Å². The summed E-state index contributed by atoms with van der Waals surface area (Å²) < 4.78 is 24.7. The fraction of sp³-hybridized carbons (Fsp3) is 0.957. The lowest BCUT2D eigenvalue weighted by molar-refractivity contribution is -0.316. The molecule has 0 radical (unpaired) electrons. The van der Waals surface area contributed by atoms with Crippen molar-refractivity contribution in [1.82, 2.24) is 5.32 Å². The molecule has 2 fully saturated rings. The van der Waals surface area contributed by atoms with Crippen LogP contribution in [0, 0.1) is 11.8 Å². The lowest BCUT2D eigenvalue weighted by Gasteiger charge is -2.48. The predicted molar refractivity (Wildman–Crippen MR) is 115 cm³/mol. The second-order valence-electron chi connectivity index (χ2n) is 9.80. The number of hydrogen-bond donors (Lipinski definition) is 2. The molecule has 0 saturated carbocycles. The first-order chi connectivity index (χ1) is 13.9. The number of amides is 1. The first-order valence-corrected chi connectivity index (χ1v) is 11.5. The Morgan fingerprint density at radius 2 is 1.97 bits per heavy atom. The minimum atomic E-state index is -0.799. The Bertz CT molecular complexity index is 570. The van der Waals surface area contributed by atoms with Crippen LogP contribution in [-0.2, 0) is 23.7 Å². The van der Waals surface area contributed by atoms with Crippen LogP contribution in [0.4, 0.5) is 0 Å². The van der Waals surface area contributed by atoms with Gasteiger partial charge in [0, 0.05) is 25.2 Å². The van der Waals surface area contributed by atoms with Crippen molar-refractivity contribution in [2.75, 3.05) is 6.61 Å². The highest BCUT2D eigenvalue weighted by Crippen LogP contribution is 2.37. The van der Waals surface area contributed by atoms with Crippen molar-refractivity contribution in [3.05, 3.63) is 0 Å². The highest BCUT2D eigenvalue weighted by atomic mass is 16.7. The molecule has 2 rings (SSSR count). The van der Waals surface area contributed by atoms with Gasteiger partial charge in [0.05, 0.1) is 30.5 Å². The third-order valence-electron chi connectivity index (χ3n) is 6.57. The minimum absolute atomic E-state index is 0.0311. The number of nitrogens with one attached hydrogen (secondary N) is 1. The van der Waals surface area contributed by atoms with Crippen LogP contribution in [0.1, 0.15) is 81.1 Å². The van der Waals surface area contributed by atoms with Crippen molar-refractivity contribution in [1.29, 1.82) is 0 Å². The Morgan fingerprint density at radius 3 is 2.53 bits per heavy atom. The van der Waals surface area contributed by atoms with Crippen molar-refractivity contribution in [3.63, 3.8) is 0 Å². The first-order valence-electron chi connectivity index (χ1n) is 11.5. The van der Waals surface area contributed by atoms with E-state index in [9.17, 15) is 9.90 Å². The summed E-state index contributed by atoms with van der Waals surface area (Å²) in [5.74, 6) is -0.318. The van der Waals surface area contributed by atoms with Gasteiger partial charge in [0.15, 0.2) is 12.1 Å². The van der Waals surface area contributed by atoms with E-state index in [1.54, 1.807) is 0 Å². The summed E-state index contributed by atoms with van der Waals surface area (Å²) in [6.07, 6.45) is 1.45. The zero-order chi connectivity index (χ0) is 22.7. The summed E-state index contributed by atoms with van der Waals surface area (Å²) in [4.78, 5) is 11.7. The Hall–Kier alpha value is -0.730. The molecule has 0 aromatic carbocycles. The van der Waals surface area contributed by atoms with Crippen LogP contribution >= 0.6 is 0 Å². The molecule has 30 heavy (non-hydrogen) atoms. The van der Waals surface area contributed by atoms with Crippen molar-refractivity contribution < 1.29 is 28.8 Å². The number of aliphatic hydroxyl groups excluding tert-OH is 1. The van der Waals surface area contributed by atoms with E-state index in [1.807, 2.05) is 27.7 Å². The van der Waals surface area contributed by atoms with Gasteiger partial charge >= 0.3 is 0 Å². The summed E-state index contributed by atoms with van der Waals surface area (Å²) in [6, 6.07) is 0. The maximum Gasteiger partial charge on any atom is 0.217 e. The number of carbonyl (C=O) groups excluding carboxylic acids is 1. The summed E-state index contributed by atoms with van der Waals surface area (Å²) in [5, 5.41) is 13.5. The summed E-state index contributed by atoms with van der Waals surface area (Å²) in [6.45, 7) is 16.2. The Morgan fingerprint density at radius 1 is 1.30 bits per heavy atom. The van der Waals surface area contributed by atoms with Gasteiger partial charge in [0.25, 0.3) is 0 Å². The molecule has 1 amide bonds. The van der Waals surface area contributed by atoms with Crippen LogP contribution in [0.25, 0.3) is 0 Å². The van der Waals surface area contributed by atoms with E-state index >= 15 is 0 Å². The molecular weight excluding hydrogens is 386 g/mol. The molecule has 0 aliphatic carbocycles. The van der Waals surface area contributed by atoms with E-state index in [1.165, 1.54) is 6.92 Å². The molecule has 8 atom stereocenters. The smallest absolute Gasteiger partial charge is 0.217 e. The average Bonchev–Trinajstić information content (AvgIpc) is 2.64. The van der Waals surface area contributed by atoms with Gasteiger partial charge in [-0.3, -0.25) is 4.79 Å². The molecule has 2 aliphatic rings. The SMILES string of the molecule is CCC[C@@H](O[C@H]1C[C@](C)(NC(C)=O)[C@H](O)[C@H](C)O1)[C@@H](C)[C@H]1OC(C)(C)OC[C@H]1CC. The fourth-order valence-electron chi connectivity index (χ4n) is 4.85. The molecule has 2 aliphatic heterocycles. The summed E-state index contributed by atoms with van der Waals surface area (Å²) in [5.41, 5.74) is -0.794. The quantitative estimate of drug-likeness (QED) is 0.615. The lowest BCUT2D eigenvalue weighted by atomic mass is 9.83. The maximum absolute atomic E-state index is 11.7. The Labute approximate surface area is 182 Å². The van der Waals surface area contributed by atoms with Gasteiger partial charge in [-0.25, -0.2) is 0 Å². The van der Waals surface area contributed by atoms with Crippen LogP contribution in [0.5, 0.6) is 0 Å². The molecule has 0 aromatic rings. The second kappa shape index (κ2) is 10.3. The monoisotopic (exact) mass is 429 g/mol. The molecule has 2 N–H and O–H groups in total. The van der Waals surface area contributed by atoms with Gasteiger partial charge < -0.3 is 29.4 Å². The number of hydrogen-bond acceptors (Lipinski definition) is 6. The molecule has 7 nitrogen and oxygen atoms in total. The zero-order valence-corrected chi connectivity index (χ0v) is 20.1. The summed E-state index contributed by atoms with van der Waals surface area (Å²) in [7, 11) is 0. The molecular formula is C23H43NO6. The Balaban J connectivity index is 2.16. The zero-order valence-electron chi connectivity index (χ0n) is 20.1. The van der Waals surface area contributed by atoms with Gasteiger partial charge in [-0.1, -0.05) is 27.2 Å². The molecule has 7 heteroatoms. The van der Waals surface area contributed by atoms with Gasteiger partial charge in [-0.05, 0) is 40.5 Å². The van der Waals surface area contributed by atoms with E-state index in [2.05, 4.69) is 26.1 Å². The average molecular weight is 430 g/mol. The molecule has 176 valence electrons. The predicted octanol–water partition coefficient (Wildman–Crippen LogP) is 3.38. The standard InChI is InChI=1S/C23H43NO6/c1-9-11-18(14(3)20-17(10-2)13-27-22(6,7)30-20)29-19-12-23(8,24-16(5)25)21(26)15(4)28-19/h14-15,17-21,26H,9-13H2,1-8H3,(H,24,25)/t14-,15+,17-,18-,19+,20-,21-,23+/m1/s1. The van der Waals surface area contributed by atoms with E-state index in [0.29, 0.717) is 18.9 Å². The van der Waals surface area contributed by atoms with Crippen LogP contribution in [0.15, 0.2) is 0 Å². The number of ether oxygens (including phenoxy) is 4. The third-order valence-corrected chi connectivity index (χ3v) is 6.57. The highest BCUT2D eigenvalue weighted by Gasteiger charge is 2.47. The third kappa shape index (κ3) is 6.16. The normalized spacial score (nSPS) is 38.6. The number of aliphatic hydroxyl groups is 1. The van der Waals surface area contributed by atoms with Gasteiger partial charge in [0.2, 0.25) is 5.91 Å².